The quantitative estimate of drug-likeness (QED) is 0.548. The maximum Gasteiger partial charge on any atom is 0.262 e. The number of para-hydroxylation sites is 1. The average Bonchev–Trinajstić information content (AvgIpc) is 3.13. The fourth-order valence-corrected chi connectivity index (χ4v) is 3.42. The lowest BCUT2D eigenvalue weighted by Crippen LogP contribution is -2.21. The molecular weight excluding hydrogens is 358 g/mol. The third-order valence-corrected chi connectivity index (χ3v) is 4.68. The zero-order chi connectivity index (χ0) is 18.8. The summed E-state index contributed by atoms with van der Waals surface area (Å²) in [6.07, 6.45) is 1.64. The van der Waals surface area contributed by atoms with Gasteiger partial charge in [0.2, 0.25) is 5.55 Å². The zero-order valence-corrected chi connectivity index (χ0v) is 15.7. The van der Waals surface area contributed by atoms with Gasteiger partial charge in [0, 0.05) is 17.0 Å². The average molecular weight is 375 g/mol. The lowest BCUT2D eigenvalue weighted by atomic mass is 10.1. The Bertz CT molecular complexity index is 1170. The van der Waals surface area contributed by atoms with Crippen molar-refractivity contribution in [1.29, 1.82) is 0 Å². The van der Waals surface area contributed by atoms with E-state index < -0.39 is 0 Å². The van der Waals surface area contributed by atoms with Crippen LogP contribution in [0.25, 0.3) is 11.0 Å². The third-order valence-electron chi connectivity index (χ3n) is 3.99. The fourth-order valence-electron chi connectivity index (χ4n) is 2.90. The molecule has 4 aromatic rings. The van der Waals surface area contributed by atoms with Crippen molar-refractivity contribution in [2.24, 2.45) is 4.99 Å². The highest BCUT2D eigenvalue weighted by atomic mass is 32.1. The normalized spacial score (nSPS) is 11.7. The maximum atomic E-state index is 12.8. The number of nitrogens with zero attached hydrogens (tertiary/aromatic N) is 2. The molecule has 0 bridgehead atoms. The number of carbonyl (C=O) groups excluding carboxylic acids is 1. The number of fused-ring (bicyclic) bond motifs is 1. The SMILES string of the molecule is Cc1cc(C)cc(N=c2oc3ccccc3cc2C(=O)Nc2nccs2)c1. The Morgan fingerprint density at radius 3 is 2.63 bits per heavy atom. The monoisotopic (exact) mass is 375 g/mol. The summed E-state index contributed by atoms with van der Waals surface area (Å²) >= 11 is 1.36. The molecule has 0 radical (unpaired) electrons. The number of amides is 1. The molecule has 134 valence electrons. The van der Waals surface area contributed by atoms with Gasteiger partial charge in [-0.1, -0.05) is 24.3 Å². The van der Waals surface area contributed by atoms with Gasteiger partial charge in [-0.2, -0.15) is 0 Å². The molecule has 1 amide bonds. The van der Waals surface area contributed by atoms with Crippen molar-refractivity contribution >= 4 is 39.0 Å². The Hall–Kier alpha value is -3.25. The summed E-state index contributed by atoms with van der Waals surface area (Å²) in [6, 6.07) is 15.3. The molecule has 0 saturated heterocycles. The van der Waals surface area contributed by atoms with Crippen molar-refractivity contribution in [3.63, 3.8) is 0 Å². The van der Waals surface area contributed by atoms with Gasteiger partial charge in [-0.15, -0.1) is 11.3 Å². The van der Waals surface area contributed by atoms with E-state index in [4.69, 9.17) is 4.42 Å². The summed E-state index contributed by atoms with van der Waals surface area (Å²) in [5, 5.41) is 5.97. The molecule has 6 heteroatoms. The number of aromatic nitrogens is 1. The Morgan fingerprint density at radius 2 is 1.89 bits per heavy atom. The van der Waals surface area contributed by atoms with Crippen molar-refractivity contribution in [1.82, 2.24) is 4.98 Å². The van der Waals surface area contributed by atoms with E-state index in [9.17, 15) is 4.79 Å². The molecule has 27 heavy (non-hydrogen) atoms. The summed E-state index contributed by atoms with van der Waals surface area (Å²) < 4.78 is 5.97. The predicted molar refractivity (Wildman–Crippen MR) is 107 cm³/mol. The van der Waals surface area contributed by atoms with Crippen LogP contribution >= 0.6 is 11.3 Å². The van der Waals surface area contributed by atoms with Crippen LogP contribution in [0.1, 0.15) is 21.5 Å². The second-order valence-electron chi connectivity index (χ2n) is 6.25. The van der Waals surface area contributed by atoms with Crippen LogP contribution < -0.4 is 10.9 Å². The van der Waals surface area contributed by atoms with Gasteiger partial charge in [0.1, 0.15) is 11.1 Å². The Labute approximate surface area is 160 Å². The molecule has 0 atom stereocenters. The molecule has 0 fully saturated rings. The highest BCUT2D eigenvalue weighted by Crippen LogP contribution is 2.19. The van der Waals surface area contributed by atoms with Gasteiger partial charge in [0.25, 0.3) is 5.91 Å². The van der Waals surface area contributed by atoms with E-state index in [0.29, 0.717) is 16.3 Å². The lowest BCUT2D eigenvalue weighted by molar-refractivity contribution is 0.102. The third kappa shape index (κ3) is 3.80. The van der Waals surface area contributed by atoms with Crippen molar-refractivity contribution in [2.45, 2.75) is 13.8 Å². The second kappa shape index (κ2) is 7.17. The first-order valence-corrected chi connectivity index (χ1v) is 9.33. The highest BCUT2D eigenvalue weighted by Gasteiger charge is 2.14. The number of hydrogen-bond acceptors (Lipinski definition) is 5. The number of hydrogen-bond donors (Lipinski definition) is 1. The van der Waals surface area contributed by atoms with Gasteiger partial charge in [-0.05, 0) is 49.2 Å². The van der Waals surface area contributed by atoms with E-state index in [1.807, 2.05) is 50.2 Å². The van der Waals surface area contributed by atoms with Crippen LogP contribution in [-0.2, 0) is 0 Å². The van der Waals surface area contributed by atoms with Crippen LogP contribution in [0.15, 0.2) is 69.5 Å². The van der Waals surface area contributed by atoms with Crippen LogP contribution in [0.4, 0.5) is 10.8 Å². The smallest absolute Gasteiger partial charge is 0.262 e. The van der Waals surface area contributed by atoms with E-state index >= 15 is 0 Å². The number of anilines is 1. The number of thiazole rings is 1. The molecule has 2 aromatic heterocycles. The number of nitrogens with one attached hydrogen (secondary N) is 1. The van der Waals surface area contributed by atoms with E-state index in [1.54, 1.807) is 17.6 Å². The molecule has 0 aliphatic rings. The summed E-state index contributed by atoms with van der Waals surface area (Å²) in [5.74, 6) is -0.303. The number of benzene rings is 2. The molecule has 0 aliphatic heterocycles. The van der Waals surface area contributed by atoms with Crippen LogP contribution in [-0.4, -0.2) is 10.9 Å². The summed E-state index contributed by atoms with van der Waals surface area (Å²) in [4.78, 5) is 21.6. The van der Waals surface area contributed by atoms with Crippen LogP contribution in [0.3, 0.4) is 0 Å². The van der Waals surface area contributed by atoms with Crippen molar-refractivity contribution in [2.75, 3.05) is 5.32 Å². The Kier molecular flexibility index (Phi) is 4.56. The van der Waals surface area contributed by atoms with E-state index in [2.05, 4.69) is 21.4 Å². The van der Waals surface area contributed by atoms with Gasteiger partial charge >= 0.3 is 0 Å². The molecule has 0 aliphatic carbocycles. The molecular formula is C21H17N3O2S. The van der Waals surface area contributed by atoms with Gasteiger partial charge in [0.05, 0.1) is 5.69 Å². The topological polar surface area (TPSA) is 67.5 Å². The Morgan fingerprint density at radius 1 is 1.11 bits per heavy atom. The van der Waals surface area contributed by atoms with E-state index in [-0.39, 0.29) is 11.5 Å². The number of rotatable bonds is 3. The summed E-state index contributed by atoms with van der Waals surface area (Å²) in [7, 11) is 0. The Balaban J connectivity index is 1.89. The second-order valence-corrected chi connectivity index (χ2v) is 7.15. The number of carbonyl (C=O) groups is 1. The standard InChI is InChI=1S/C21H17N3O2S/c1-13-9-14(2)11-16(10-13)23-20-17(19(25)24-21-22-7-8-27-21)12-15-5-3-4-6-18(15)26-20/h3-12H,1-2H3,(H,22,24,25). The first kappa shape index (κ1) is 17.2. The summed E-state index contributed by atoms with van der Waals surface area (Å²) in [5.41, 5.74) is 4.25. The number of aryl methyl sites for hydroxylation is 2. The molecule has 4 rings (SSSR count). The molecule has 5 nitrogen and oxygen atoms in total. The van der Waals surface area contributed by atoms with Crippen molar-refractivity contribution < 1.29 is 9.21 Å². The van der Waals surface area contributed by atoms with Crippen LogP contribution in [0, 0.1) is 13.8 Å². The van der Waals surface area contributed by atoms with E-state index in [1.165, 1.54) is 11.3 Å². The van der Waals surface area contributed by atoms with E-state index in [0.717, 1.165) is 22.2 Å². The van der Waals surface area contributed by atoms with Gasteiger partial charge in [-0.3, -0.25) is 10.1 Å². The molecule has 1 N–H and O–H groups in total. The largest absolute Gasteiger partial charge is 0.438 e. The van der Waals surface area contributed by atoms with Gasteiger partial charge in [0.15, 0.2) is 5.13 Å². The maximum absolute atomic E-state index is 12.8. The first-order valence-electron chi connectivity index (χ1n) is 8.45. The van der Waals surface area contributed by atoms with Crippen molar-refractivity contribution in [3.05, 3.63) is 82.4 Å². The van der Waals surface area contributed by atoms with Gasteiger partial charge < -0.3 is 4.42 Å². The van der Waals surface area contributed by atoms with Gasteiger partial charge in [-0.25, -0.2) is 9.98 Å². The minimum absolute atomic E-state index is 0.271. The highest BCUT2D eigenvalue weighted by molar-refractivity contribution is 7.13. The molecule has 0 spiro atoms. The molecule has 0 unspecified atom stereocenters. The van der Waals surface area contributed by atoms with Crippen LogP contribution in [0.5, 0.6) is 0 Å². The molecule has 0 saturated carbocycles. The predicted octanol–water partition coefficient (Wildman–Crippen LogP) is 4.99. The minimum atomic E-state index is -0.303. The fraction of sp³-hybridized carbons (Fsp3) is 0.0952. The van der Waals surface area contributed by atoms with Crippen LogP contribution in [0.2, 0.25) is 0 Å². The zero-order valence-electron chi connectivity index (χ0n) is 14.9. The summed E-state index contributed by atoms with van der Waals surface area (Å²) in [6.45, 7) is 4.03. The first-order chi connectivity index (χ1) is 13.1. The molecule has 2 aromatic carbocycles. The lowest BCUT2D eigenvalue weighted by Gasteiger charge is -2.05. The molecule has 2 heterocycles. The minimum Gasteiger partial charge on any atom is -0.438 e. The van der Waals surface area contributed by atoms with Crippen molar-refractivity contribution in [3.8, 4) is 0 Å².